The van der Waals surface area contributed by atoms with E-state index in [2.05, 4.69) is 5.32 Å². The van der Waals surface area contributed by atoms with Gasteiger partial charge >= 0.3 is 0 Å². The summed E-state index contributed by atoms with van der Waals surface area (Å²) in [5, 5.41) is 2.67. The maximum Gasteiger partial charge on any atom is 0.287 e. The molecule has 5 nitrogen and oxygen atoms in total. The number of carbonyl (C=O) groups is 2. The minimum Gasteiger partial charge on any atom is -0.497 e. The number of ketones is 1. The highest BCUT2D eigenvalue weighted by Gasteiger charge is 2.14. The fourth-order valence-corrected chi connectivity index (χ4v) is 2.39. The molecule has 0 aliphatic carbocycles. The molecule has 1 N–H and O–H groups in total. The molecule has 2 aromatic rings. The largest absolute Gasteiger partial charge is 0.497 e. The Morgan fingerprint density at radius 1 is 1.00 bits per heavy atom. The second-order valence-electron chi connectivity index (χ2n) is 5.53. The third-order valence-corrected chi connectivity index (χ3v) is 3.69. The molecular formula is C20H23NO4. The van der Waals surface area contributed by atoms with E-state index in [0.717, 1.165) is 16.9 Å². The van der Waals surface area contributed by atoms with E-state index in [1.807, 2.05) is 49.4 Å². The lowest BCUT2D eigenvalue weighted by molar-refractivity contribution is -0.137. The van der Waals surface area contributed by atoms with E-state index in [1.165, 1.54) is 0 Å². The predicted octanol–water partition coefficient (Wildman–Crippen LogP) is 2.56. The molecule has 0 saturated carbocycles. The van der Waals surface area contributed by atoms with Gasteiger partial charge < -0.3 is 14.8 Å². The topological polar surface area (TPSA) is 64.6 Å². The predicted molar refractivity (Wildman–Crippen MR) is 96.0 cm³/mol. The first-order valence-electron chi connectivity index (χ1n) is 8.28. The molecule has 0 fully saturated rings. The van der Waals surface area contributed by atoms with Crippen LogP contribution < -0.4 is 14.8 Å². The monoisotopic (exact) mass is 341 g/mol. The Labute approximate surface area is 148 Å². The van der Waals surface area contributed by atoms with E-state index < -0.39 is 11.7 Å². The van der Waals surface area contributed by atoms with Gasteiger partial charge in [-0.05, 0) is 48.7 Å². The molecule has 0 heterocycles. The Morgan fingerprint density at radius 2 is 1.76 bits per heavy atom. The molecule has 0 aliphatic rings. The number of amides is 1. The van der Waals surface area contributed by atoms with E-state index in [9.17, 15) is 9.59 Å². The summed E-state index contributed by atoms with van der Waals surface area (Å²) in [5.41, 5.74) is 1.83. The van der Waals surface area contributed by atoms with Gasteiger partial charge in [0.05, 0.1) is 13.7 Å². The average molecular weight is 341 g/mol. The third kappa shape index (κ3) is 5.95. The SMILES string of the molecule is CCOc1cccc(CC(=O)C(=O)NCCc2ccc(OC)cc2)c1. The minimum atomic E-state index is -0.560. The van der Waals surface area contributed by atoms with E-state index >= 15 is 0 Å². The molecular weight excluding hydrogens is 318 g/mol. The van der Waals surface area contributed by atoms with Crippen LogP contribution in [0.2, 0.25) is 0 Å². The molecule has 0 bridgehead atoms. The number of ether oxygens (including phenoxy) is 2. The van der Waals surface area contributed by atoms with Crippen LogP contribution in [-0.4, -0.2) is 32.0 Å². The highest BCUT2D eigenvalue weighted by molar-refractivity contribution is 6.36. The van der Waals surface area contributed by atoms with Crippen LogP contribution >= 0.6 is 0 Å². The fourth-order valence-electron chi connectivity index (χ4n) is 2.39. The van der Waals surface area contributed by atoms with E-state index in [-0.39, 0.29) is 6.42 Å². The first-order valence-corrected chi connectivity index (χ1v) is 8.28. The fraction of sp³-hybridized carbons (Fsp3) is 0.300. The highest BCUT2D eigenvalue weighted by atomic mass is 16.5. The molecule has 0 aliphatic heterocycles. The summed E-state index contributed by atoms with van der Waals surface area (Å²) in [7, 11) is 1.62. The zero-order valence-electron chi connectivity index (χ0n) is 14.6. The Hall–Kier alpha value is -2.82. The quantitative estimate of drug-likeness (QED) is 0.712. The van der Waals surface area contributed by atoms with E-state index in [4.69, 9.17) is 9.47 Å². The van der Waals surface area contributed by atoms with Gasteiger partial charge in [0.25, 0.3) is 5.91 Å². The van der Waals surface area contributed by atoms with Gasteiger partial charge in [0, 0.05) is 13.0 Å². The maximum atomic E-state index is 12.0. The Balaban J connectivity index is 1.79. The number of carbonyl (C=O) groups excluding carboxylic acids is 2. The molecule has 2 aromatic carbocycles. The van der Waals surface area contributed by atoms with Crippen LogP contribution in [0.25, 0.3) is 0 Å². The van der Waals surface area contributed by atoms with Gasteiger partial charge in [0.15, 0.2) is 0 Å². The molecule has 0 spiro atoms. The summed E-state index contributed by atoms with van der Waals surface area (Å²) in [6, 6.07) is 14.8. The van der Waals surface area contributed by atoms with Gasteiger partial charge in [-0.15, -0.1) is 0 Å². The molecule has 0 unspecified atom stereocenters. The zero-order valence-corrected chi connectivity index (χ0v) is 14.6. The van der Waals surface area contributed by atoms with Gasteiger partial charge in [-0.1, -0.05) is 24.3 Å². The zero-order chi connectivity index (χ0) is 18.1. The first-order chi connectivity index (χ1) is 12.1. The Morgan fingerprint density at radius 3 is 2.44 bits per heavy atom. The summed E-state index contributed by atoms with van der Waals surface area (Å²) in [6.07, 6.45) is 0.720. The second-order valence-corrected chi connectivity index (χ2v) is 5.53. The van der Waals surface area contributed by atoms with Crippen molar-refractivity contribution in [3.05, 3.63) is 59.7 Å². The number of benzene rings is 2. The van der Waals surface area contributed by atoms with E-state index in [0.29, 0.717) is 25.3 Å². The van der Waals surface area contributed by atoms with Gasteiger partial charge in [-0.25, -0.2) is 0 Å². The summed E-state index contributed by atoms with van der Waals surface area (Å²) in [6.45, 7) is 2.87. The van der Waals surface area contributed by atoms with Crippen molar-refractivity contribution < 1.29 is 19.1 Å². The standard InChI is InChI=1S/C20H23NO4/c1-3-25-18-6-4-5-16(13-18)14-19(22)20(23)21-12-11-15-7-9-17(24-2)10-8-15/h4-10,13H,3,11-12,14H2,1-2H3,(H,21,23). The molecule has 2 rings (SSSR count). The van der Waals surface area contributed by atoms with Gasteiger partial charge in [-0.3, -0.25) is 9.59 Å². The van der Waals surface area contributed by atoms with Crippen molar-refractivity contribution in [1.82, 2.24) is 5.32 Å². The number of hydrogen-bond donors (Lipinski definition) is 1. The van der Waals surface area contributed by atoms with Crippen molar-refractivity contribution >= 4 is 11.7 Å². The van der Waals surface area contributed by atoms with Crippen LogP contribution in [0, 0.1) is 0 Å². The molecule has 1 amide bonds. The third-order valence-electron chi connectivity index (χ3n) is 3.69. The van der Waals surface area contributed by atoms with Crippen molar-refractivity contribution in [2.75, 3.05) is 20.3 Å². The van der Waals surface area contributed by atoms with Gasteiger partial charge in [0.1, 0.15) is 11.5 Å². The number of methoxy groups -OCH3 is 1. The molecule has 0 saturated heterocycles. The van der Waals surface area contributed by atoms with E-state index in [1.54, 1.807) is 13.2 Å². The van der Waals surface area contributed by atoms with Crippen LogP contribution in [0.1, 0.15) is 18.1 Å². The lowest BCUT2D eigenvalue weighted by atomic mass is 10.1. The van der Waals surface area contributed by atoms with Crippen LogP contribution in [0.3, 0.4) is 0 Å². The summed E-state index contributed by atoms with van der Waals surface area (Å²) in [4.78, 5) is 24.0. The number of rotatable bonds is 9. The van der Waals surface area contributed by atoms with Crippen molar-refractivity contribution in [2.45, 2.75) is 19.8 Å². The molecule has 0 radical (unpaired) electrons. The van der Waals surface area contributed by atoms with Gasteiger partial charge in [-0.2, -0.15) is 0 Å². The van der Waals surface area contributed by atoms with Gasteiger partial charge in [0.2, 0.25) is 5.78 Å². The lowest BCUT2D eigenvalue weighted by Crippen LogP contribution is -2.33. The molecule has 0 atom stereocenters. The summed E-state index contributed by atoms with van der Waals surface area (Å²) in [5.74, 6) is 0.476. The first kappa shape index (κ1) is 18.5. The van der Waals surface area contributed by atoms with Crippen molar-refractivity contribution in [3.8, 4) is 11.5 Å². The normalized spacial score (nSPS) is 10.2. The smallest absolute Gasteiger partial charge is 0.287 e. The van der Waals surface area contributed by atoms with Crippen LogP contribution in [0.4, 0.5) is 0 Å². The highest BCUT2D eigenvalue weighted by Crippen LogP contribution is 2.14. The van der Waals surface area contributed by atoms with Crippen molar-refractivity contribution in [1.29, 1.82) is 0 Å². The molecule has 0 aromatic heterocycles. The molecule has 25 heavy (non-hydrogen) atoms. The molecule has 132 valence electrons. The lowest BCUT2D eigenvalue weighted by Gasteiger charge is -2.07. The minimum absolute atomic E-state index is 0.0648. The average Bonchev–Trinajstić information content (AvgIpc) is 2.62. The van der Waals surface area contributed by atoms with Crippen molar-refractivity contribution in [3.63, 3.8) is 0 Å². The molecule has 5 heteroatoms. The van der Waals surface area contributed by atoms with Crippen molar-refractivity contribution in [2.24, 2.45) is 0 Å². The Bertz CT molecular complexity index is 710. The second kappa shape index (κ2) is 9.47. The maximum absolute atomic E-state index is 12.0. The van der Waals surface area contributed by atoms with Crippen LogP contribution in [0.15, 0.2) is 48.5 Å². The number of nitrogens with one attached hydrogen (secondary N) is 1. The number of hydrogen-bond acceptors (Lipinski definition) is 4. The number of Topliss-reactive ketones (excluding diaryl/α,β-unsaturated/α-hetero) is 1. The Kier molecular flexibility index (Phi) is 7.01. The van der Waals surface area contributed by atoms with Crippen LogP contribution in [0.5, 0.6) is 11.5 Å². The summed E-state index contributed by atoms with van der Waals surface area (Å²) < 4.78 is 10.5. The van der Waals surface area contributed by atoms with Crippen LogP contribution in [-0.2, 0) is 22.4 Å². The summed E-state index contributed by atoms with van der Waals surface area (Å²) >= 11 is 0.